The maximum atomic E-state index is 2.57. The molecule has 0 radical (unpaired) electrons. The molecular formula is C80H64N2. The Balaban J connectivity index is 1.03. The van der Waals surface area contributed by atoms with Gasteiger partial charge in [-0.05, 0) is 185 Å². The summed E-state index contributed by atoms with van der Waals surface area (Å²) in [6.45, 7) is 0. The van der Waals surface area contributed by atoms with Gasteiger partial charge in [-0.3, -0.25) is 0 Å². The van der Waals surface area contributed by atoms with Crippen LogP contribution in [0.15, 0.2) is 255 Å². The third-order valence-corrected chi connectivity index (χ3v) is 18.9. The molecule has 0 N–H and O–H groups in total. The summed E-state index contributed by atoms with van der Waals surface area (Å²) < 4.78 is 0. The first kappa shape index (κ1) is 48.6. The summed E-state index contributed by atoms with van der Waals surface area (Å²) in [5.41, 5.74) is 14.7. The van der Waals surface area contributed by atoms with Gasteiger partial charge in [-0.2, -0.15) is 0 Å². The summed E-state index contributed by atoms with van der Waals surface area (Å²) in [4.78, 5) is 5.14. The fourth-order valence-corrected chi connectivity index (χ4v) is 14.8. The van der Waals surface area contributed by atoms with E-state index in [2.05, 4.69) is 265 Å². The standard InChI is InChI=1S/C80H64N2/c1-3-17-53(18-4-1)57-33-39-63(40-34-57)81(65-43-37-55-21-7-9-25-61(55)49-65)77-51-75(69-31-15-27-59-23-11-13-29-67(59)69)71-46-48-74-78(52-76(72-45-47-73(77)79(71)80(72)74)70-32-16-28-60-24-12-14-30-68(60)70)82(66-44-38-56-22-8-10-26-62(56)50-66)64-41-35-58(36-42-64)54-19-5-2-6-20-54/h7-16,21-54H,1-6,17-20H2. The van der Waals surface area contributed by atoms with Gasteiger partial charge in [0.25, 0.3) is 0 Å². The van der Waals surface area contributed by atoms with E-state index in [1.54, 1.807) is 0 Å². The molecule has 14 aromatic rings. The molecule has 0 heterocycles. The average molecular weight is 1050 g/mol. The van der Waals surface area contributed by atoms with Crippen LogP contribution in [0.2, 0.25) is 0 Å². The van der Waals surface area contributed by atoms with Crippen LogP contribution in [0.25, 0.3) is 97.7 Å². The van der Waals surface area contributed by atoms with E-state index in [0.29, 0.717) is 11.8 Å². The van der Waals surface area contributed by atoms with Crippen LogP contribution >= 0.6 is 0 Å². The lowest BCUT2D eigenvalue weighted by atomic mass is 9.83. The van der Waals surface area contributed by atoms with Gasteiger partial charge in [-0.1, -0.05) is 233 Å². The third-order valence-electron chi connectivity index (χ3n) is 18.9. The lowest BCUT2D eigenvalue weighted by molar-refractivity contribution is 0.443. The van der Waals surface area contributed by atoms with Crippen molar-refractivity contribution < 1.29 is 0 Å². The molecule has 2 fully saturated rings. The molecule has 0 aliphatic heterocycles. The van der Waals surface area contributed by atoms with Crippen molar-refractivity contribution in [1.29, 1.82) is 0 Å². The summed E-state index contributed by atoms with van der Waals surface area (Å²) >= 11 is 0. The molecular weight excluding hydrogens is 989 g/mol. The van der Waals surface area contributed by atoms with Crippen molar-refractivity contribution in [2.75, 3.05) is 9.80 Å². The van der Waals surface area contributed by atoms with E-state index in [0.717, 1.165) is 34.1 Å². The Morgan fingerprint density at radius 2 is 0.585 bits per heavy atom. The van der Waals surface area contributed by atoms with Gasteiger partial charge in [0.15, 0.2) is 0 Å². The second kappa shape index (κ2) is 20.4. The van der Waals surface area contributed by atoms with Crippen molar-refractivity contribution in [3.63, 3.8) is 0 Å². The summed E-state index contributed by atoms with van der Waals surface area (Å²) in [5, 5.41) is 17.4. The predicted molar refractivity (Wildman–Crippen MR) is 352 cm³/mol. The lowest BCUT2D eigenvalue weighted by Crippen LogP contribution is -2.13. The fourth-order valence-electron chi connectivity index (χ4n) is 14.8. The summed E-state index contributed by atoms with van der Waals surface area (Å²) in [6.07, 6.45) is 13.0. The van der Waals surface area contributed by atoms with Crippen molar-refractivity contribution in [3.05, 3.63) is 266 Å². The number of hydrogen-bond donors (Lipinski definition) is 0. The quantitative estimate of drug-likeness (QED) is 0.126. The predicted octanol–water partition coefficient (Wildman–Crippen LogP) is 23.6. The molecule has 2 saturated carbocycles. The first-order valence-corrected chi connectivity index (χ1v) is 30.2. The molecule has 2 aliphatic rings. The van der Waals surface area contributed by atoms with Gasteiger partial charge in [0.2, 0.25) is 0 Å². The molecule has 2 nitrogen and oxygen atoms in total. The Morgan fingerprint density at radius 3 is 1.01 bits per heavy atom. The van der Waals surface area contributed by atoms with Crippen molar-refractivity contribution in [1.82, 2.24) is 0 Å². The Kier molecular flexibility index (Phi) is 12.1. The second-order valence-corrected chi connectivity index (χ2v) is 23.6. The number of anilines is 6. The van der Waals surface area contributed by atoms with E-state index in [1.807, 2.05) is 0 Å². The Morgan fingerprint density at radius 1 is 0.232 bits per heavy atom. The van der Waals surface area contributed by atoms with E-state index in [1.165, 1.54) is 173 Å². The highest BCUT2D eigenvalue weighted by atomic mass is 15.2. The van der Waals surface area contributed by atoms with Crippen LogP contribution in [0.5, 0.6) is 0 Å². The zero-order valence-electron chi connectivity index (χ0n) is 46.4. The van der Waals surface area contributed by atoms with Gasteiger partial charge in [0, 0.05) is 44.3 Å². The SMILES string of the molecule is c1ccc2cc(N(c3ccc(C4CCCCC4)cc3)c3cc(-c4cccc5ccccc45)c4ccc5c(N(c6ccc(C7CCCCC7)cc6)c6ccc7ccccc7c6)cc(-c6cccc7ccccc67)c6ccc3c4c65)ccc2c1. The van der Waals surface area contributed by atoms with E-state index < -0.39 is 0 Å². The molecule has 0 saturated heterocycles. The zero-order valence-corrected chi connectivity index (χ0v) is 46.4. The molecule has 2 heteroatoms. The first-order chi connectivity index (χ1) is 40.7. The van der Waals surface area contributed by atoms with Crippen LogP contribution in [0, 0.1) is 0 Å². The Bertz CT molecular complexity index is 4400. The van der Waals surface area contributed by atoms with Gasteiger partial charge in [0.05, 0.1) is 11.4 Å². The van der Waals surface area contributed by atoms with Crippen LogP contribution in [0.1, 0.15) is 87.2 Å². The van der Waals surface area contributed by atoms with Crippen molar-refractivity contribution in [2.24, 2.45) is 0 Å². The van der Waals surface area contributed by atoms with Crippen LogP contribution in [0.3, 0.4) is 0 Å². The van der Waals surface area contributed by atoms with E-state index in [-0.39, 0.29) is 0 Å². The van der Waals surface area contributed by atoms with Gasteiger partial charge >= 0.3 is 0 Å². The van der Waals surface area contributed by atoms with Crippen molar-refractivity contribution >= 4 is 110 Å². The smallest absolute Gasteiger partial charge is 0.0546 e. The van der Waals surface area contributed by atoms with E-state index in [4.69, 9.17) is 0 Å². The lowest BCUT2D eigenvalue weighted by Gasteiger charge is -2.32. The molecule has 16 rings (SSSR count). The maximum absolute atomic E-state index is 2.57. The third kappa shape index (κ3) is 8.38. The fraction of sp³-hybridized carbons (Fsp3) is 0.150. The van der Waals surface area contributed by atoms with Crippen molar-refractivity contribution in [2.45, 2.75) is 76.0 Å². The largest absolute Gasteiger partial charge is 0.310 e. The monoisotopic (exact) mass is 1050 g/mol. The number of benzene rings is 14. The topological polar surface area (TPSA) is 6.48 Å². The normalized spacial score (nSPS) is 14.5. The van der Waals surface area contributed by atoms with Gasteiger partial charge in [-0.15, -0.1) is 0 Å². The average Bonchev–Trinajstić information content (AvgIpc) is 3.39. The summed E-state index contributed by atoms with van der Waals surface area (Å²) in [5.74, 6) is 1.22. The van der Waals surface area contributed by atoms with Gasteiger partial charge in [0.1, 0.15) is 0 Å². The minimum atomic E-state index is 0.610. The highest BCUT2D eigenvalue weighted by molar-refractivity contribution is 6.33. The summed E-state index contributed by atoms with van der Waals surface area (Å²) in [7, 11) is 0. The molecule has 2 aliphatic carbocycles. The number of fused-ring (bicyclic) bond motifs is 4. The van der Waals surface area contributed by atoms with Crippen molar-refractivity contribution in [3.8, 4) is 22.3 Å². The minimum Gasteiger partial charge on any atom is -0.310 e. The van der Waals surface area contributed by atoms with Crippen LogP contribution < -0.4 is 9.80 Å². The van der Waals surface area contributed by atoms with Gasteiger partial charge in [-0.25, -0.2) is 0 Å². The molecule has 394 valence electrons. The molecule has 82 heavy (non-hydrogen) atoms. The molecule has 14 aromatic carbocycles. The molecule has 0 spiro atoms. The number of nitrogens with zero attached hydrogens (tertiary/aromatic N) is 2. The maximum Gasteiger partial charge on any atom is 0.0546 e. The molecule has 0 atom stereocenters. The highest BCUT2D eigenvalue weighted by Crippen LogP contribution is 2.54. The molecule has 0 unspecified atom stereocenters. The first-order valence-electron chi connectivity index (χ1n) is 30.2. The Labute approximate surface area is 480 Å². The van der Waals surface area contributed by atoms with Gasteiger partial charge < -0.3 is 9.80 Å². The number of rotatable bonds is 10. The van der Waals surface area contributed by atoms with Crippen LogP contribution in [0.4, 0.5) is 34.1 Å². The van der Waals surface area contributed by atoms with E-state index in [9.17, 15) is 0 Å². The highest BCUT2D eigenvalue weighted by Gasteiger charge is 2.28. The minimum absolute atomic E-state index is 0.610. The molecule has 0 aromatic heterocycles. The van der Waals surface area contributed by atoms with E-state index >= 15 is 0 Å². The van der Waals surface area contributed by atoms with Crippen LogP contribution in [-0.4, -0.2) is 0 Å². The molecule has 0 bridgehead atoms. The second-order valence-electron chi connectivity index (χ2n) is 23.6. The Hall–Kier alpha value is -9.24. The number of hydrogen-bond acceptors (Lipinski definition) is 2. The van der Waals surface area contributed by atoms with Crippen LogP contribution in [-0.2, 0) is 0 Å². The molecule has 0 amide bonds. The summed E-state index contributed by atoms with van der Waals surface area (Å²) in [6, 6.07) is 97.5. The zero-order chi connectivity index (χ0) is 54.1.